The van der Waals surface area contributed by atoms with E-state index in [0.717, 1.165) is 17.8 Å². The van der Waals surface area contributed by atoms with Crippen molar-refractivity contribution < 1.29 is 4.39 Å². The normalized spacial score (nSPS) is 10.9. The summed E-state index contributed by atoms with van der Waals surface area (Å²) < 4.78 is 15.5. The first-order valence-corrected chi connectivity index (χ1v) is 5.54. The number of nitrogens with one attached hydrogen (secondary N) is 1. The van der Waals surface area contributed by atoms with Crippen molar-refractivity contribution in [3.63, 3.8) is 0 Å². The van der Waals surface area contributed by atoms with Crippen molar-refractivity contribution in [3.05, 3.63) is 35.9 Å². The van der Waals surface area contributed by atoms with Crippen LogP contribution in [-0.4, -0.2) is 26.2 Å². The molecule has 2 rings (SSSR count). The van der Waals surface area contributed by atoms with Gasteiger partial charge in [0.15, 0.2) is 0 Å². The number of aromatic nitrogens is 4. The van der Waals surface area contributed by atoms with Crippen LogP contribution in [0.3, 0.4) is 0 Å². The lowest BCUT2D eigenvalue weighted by atomic mass is 10.3. The molecule has 0 bridgehead atoms. The molecule has 0 aromatic carbocycles. The summed E-state index contributed by atoms with van der Waals surface area (Å²) in [6.45, 7) is 1.36. The van der Waals surface area contributed by atoms with Crippen molar-refractivity contribution in [3.8, 4) is 0 Å². The SMILES string of the molecule is Cn1ccc(CNCc2cnn(CCF)c2)n1. The van der Waals surface area contributed by atoms with Crippen LogP contribution in [0.2, 0.25) is 0 Å². The number of rotatable bonds is 6. The predicted octanol–water partition coefficient (Wildman–Crippen LogP) is 0.876. The lowest BCUT2D eigenvalue weighted by molar-refractivity contribution is 0.427. The van der Waals surface area contributed by atoms with Gasteiger partial charge in [-0.15, -0.1) is 0 Å². The molecule has 17 heavy (non-hydrogen) atoms. The summed E-state index contributed by atoms with van der Waals surface area (Å²) in [5, 5.41) is 11.6. The average Bonchev–Trinajstić information content (AvgIpc) is 2.89. The maximum atomic E-state index is 12.1. The van der Waals surface area contributed by atoms with Crippen molar-refractivity contribution in [2.75, 3.05) is 6.67 Å². The minimum absolute atomic E-state index is 0.320. The van der Waals surface area contributed by atoms with Gasteiger partial charge in [0.05, 0.1) is 18.4 Å². The summed E-state index contributed by atoms with van der Waals surface area (Å²) in [5.41, 5.74) is 2.05. The second-order valence-electron chi connectivity index (χ2n) is 3.88. The summed E-state index contributed by atoms with van der Waals surface area (Å²) in [6.07, 6.45) is 5.52. The van der Waals surface area contributed by atoms with Gasteiger partial charge >= 0.3 is 0 Å². The van der Waals surface area contributed by atoms with Crippen LogP contribution >= 0.6 is 0 Å². The molecule has 2 aromatic rings. The van der Waals surface area contributed by atoms with Gasteiger partial charge in [-0.25, -0.2) is 4.39 Å². The van der Waals surface area contributed by atoms with Crippen LogP contribution in [0.5, 0.6) is 0 Å². The van der Waals surface area contributed by atoms with E-state index in [1.165, 1.54) is 0 Å². The molecule has 0 amide bonds. The van der Waals surface area contributed by atoms with Gasteiger partial charge in [-0.05, 0) is 6.07 Å². The van der Waals surface area contributed by atoms with E-state index >= 15 is 0 Å². The van der Waals surface area contributed by atoms with E-state index in [-0.39, 0.29) is 6.67 Å². The Hall–Kier alpha value is -1.69. The lowest BCUT2D eigenvalue weighted by Gasteiger charge is -1.99. The molecule has 0 fully saturated rings. The van der Waals surface area contributed by atoms with Crippen molar-refractivity contribution in [2.24, 2.45) is 7.05 Å². The minimum Gasteiger partial charge on any atom is -0.307 e. The molecule has 2 heterocycles. The topological polar surface area (TPSA) is 47.7 Å². The van der Waals surface area contributed by atoms with Gasteiger partial charge in [0.1, 0.15) is 6.67 Å². The van der Waals surface area contributed by atoms with Gasteiger partial charge in [0.2, 0.25) is 0 Å². The zero-order valence-electron chi connectivity index (χ0n) is 9.80. The van der Waals surface area contributed by atoms with Crippen molar-refractivity contribution in [1.29, 1.82) is 0 Å². The maximum absolute atomic E-state index is 12.1. The van der Waals surface area contributed by atoms with Gasteiger partial charge in [-0.1, -0.05) is 0 Å². The standard InChI is InChI=1S/C11H16FN5/c1-16-4-2-11(15-16)8-13-6-10-7-14-17(9-10)5-3-12/h2,4,7,9,13H,3,5-6,8H2,1H3. The highest BCUT2D eigenvalue weighted by Crippen LogP contribution is 1.99. The van der Waals surface area contributed by atoms with E-state index in [4.69, 9.17) is 0 Å². The molecule has 0 radical (unpaired) electrons. The Labute approximate surface area is 99.2 Å². The molecule has 0 atom stereocenters. The summed E-state index contributed by atoms with van der Waals surface area (Å²) in [7, 11) is 1.89. The largest absolute Gasteiger partial charge is 0.307 e. The van der Waals surface area contributed by atoms with Gasteiger partial charge < -0.3 is 5.32 Å². The molecule has 0 aliphatic carbocycles. The zero-order valence-corrected chi connectivity index (χ0v) is 9.80. The Kier molecular flexibility index (Phi) is 3.87. The molecule has 0 aliphatic heterocycles. The van der Waals surface area contributed by atoms with E-state index in [9.17, 15) is 4.39 Å². The molecule has 5 nitrogen and oxygen atoms in total. The first-order valence-electron chi connectivity index (χ1n) is 5.54. The number of aryl methyl sites for hydroxylation is 2. The van der Waals surface area contributed by atoms with Gasteiger partial charge in [-0.3, -0.25) is 9.36 Å². The summed E-state index contributed by atoms with van der Waals surface area (Å²) >= 11 is 0. The zero-order chi connectivity index (χ0) is 12.1. The first kappa shape index (κ1) is 11.8. The number of halogens is 1. The van der Waals surface area contributed by atoms with E-state index in [1.54, 1.807) is 15.6 Å². The molecule has 1 N–H and O–H groups in total. The molecule has 0 spiro atoms. The quantitative estimate of drug-likeness (QED) is 0.811. The molecule has 6 heteroatoms. The number of hydrogen-bond donors (Lipinski definition) is 1. The van der Waals surface area contributed by atoms with Crippen LogP contribution in [0.1, 0.15) is 11.3 Å². The highest BCUT2D eigenvalue weighted by atomic mass is 19.1. The Morgan fingerprint density at radius 3 is 3.00 bits per heavy atom. The lowest BCUT2D eigenvalue weighted by Crippen LogP contribution is -2.13. The van der Waals surface area contributed by atoms with Crippen LogP contribution in [0.25, 0.3) is 0 Å². The maximum Gasteiger partial charge on any atom is 0.109 e. The van der Waals surface area contributed by atoms with E-state index < -0.39 is 0 Å². The van der Waals surface area contributed by atoms with Gasteiger partial charge in [0.25, 0.3) is 0 Å². The predicted molar refractivity (Wildman–Crippen MR) is 62.0 cm³/mol. The van der Waals surface area contributed by atoms with E-state index in [1.807, 2.05) is 25.5 Å². The molecule has 2 aromatic heterocycles. The highest BCUT2D eigenvalue weighted by Gasteiger charge is 1.99. The van der Waals surface area contributed by atoms with Gasteiger partial charge in [-0.2, -0.15) is 10.2 Å². The first-order chi connectivity index (χ1) is 8.28. The summed E-state index contributed by atoms with van der Waals surface area (Å²) in [4.78, 5) is 0. The monoisotopic (exact) mass is 237 g/mol. The third kappa shape index (κ3) is 3.39. The minimum atomic E-state index is -0.386. The van der Waals surface area contributed by atoms with Gasteiger partial charge in [0, 0.05) is 38.1 Å². The van der Waals surface area contributed by atoms with E-state index in [2.05, 4.69) is 15.5 Å². The summed E-state index contributed by atoms with van der Waals surface area (Å²) in [6, 6.07) is 1.97. The Balaban J connectivity index is 1.77. The highest BCUT2D eigenvalue weighted by molar-refractivity contribution is 5.04. The summed E-state index contributed by atoms with van der Waals surface area (Å²) in [5.74, 6) is 0. The fourth-order valence-electron chi connectivity index (χ4n) is 1.60. The van der Waals surface area contributed by atoms with Crippen molar-refractivity contribution in [1.82, 2.24) is 24.9 Å². The van der Waals surface area contributed by atoms with Crippen LogP contribution in [-0.2, 0) is 26.7 Å². The molecular weight excluding hydrogens is 221 g/mol. The van der Waals surface area contributed by atoms with Crippen LogP contribution in [0.4, 0.5) is 4.39 Å². The molecule has 0 aliphatic rings. The Morgan fingerprint density at radius 2 is 2.29 bits per heavy atom. The molecule has 0 unspecified atom stereocenters. The number of hydrogen-bond acceptors (Lipinski definition) is 3. The average molecular weight is 237 g/mol. The molecular formula is C11H16FN5. The van der Waals surface area contributed by atoms with Crippen molar-refractivity contribution >= 4 is 0 Å². The third-order valence-corrected chi connectivity index (χ3v) is 2.40. The second kappa shape index (κ2) is 5.58. The third-order valence-electron chi connectivity index (χ3n) is 2.40. The van der Waals surface area contributed by atoms with Crippen LogP contribution in [0, 0.1) is 0 Å². The van der Waals surface area contributed by atoms with E-state index in [0.29, 0.717) is 13.1 Å². The van der Waals surface area contributed by atoms with Crippen LogP contribution < -0.4 is 5.32 Å². The smallest absolute Gasteiger partial charge is 0.109 e. The molecule has 0 saturated heterocycles. The Bertz CT molecular complexity index is 462. The second-order valence-corrected chi connectivity index (χ2v) is 3.88. The fourth-order valence-corrected chi connectivity index (χ4v) is 1.60. The molecule has 0 saturated carbocycles. The van der Waals surface area contributed by atoms with Crippen molar-refractivity contribution in [2.45, 2.75) is 19.6 Å². The molecule has 92 valence electrons. The van der Waals surface area contributed by atoms with Crippen LogP contribution in [0.15, 0.2) is 24.7 Å². The Morgan fingerprint density at radius 1 is 1.41 bits per heavy atom. The fraction of sp³-hybridized carbons (Fsp3) is 0.455. The number of nitrogens with zero attached hydrogens (tertiary/aromatic N) is 4. The number of alkyl halides is 1.